The maximum Gasteiger partial charge on any atom is 0.247 e. The van der Waals surface area contributed by atoms with Crippen LogP contribution in [0.1, 0.15) is 20.8 Å². The smallest absolute Gasteiger partial charge is 0.247 e. The minimum Gasteiger partial charge on any atom is -0.492 e. The Morgan fingerprint density at radius 2 is 1.56 bits per heavy atom. The molecule has 25 heavy (non-hydrogen) atoms. The van der Waals surface area contributed by atoms with Gasteiger partial charge in [0.25, 0.3) is 0 Å². The number of ether oxygens (including phenoxy) is 1. The quantitative estimate of drug-likeness (QED) is 0.775. The number of hydrogen-bond donors (Lipinski definition) is 0. The van der Waals surface area contributed by atoms with Crippen molar-refractivity contribution in [2.75, 3.05) is 29.5 Å². The number of nitrogens with zero attached hydrogens (tertiary/aromatic N) is 2. The highest BCUT2D eigenvalue weighted by Gasteiger charge is 2.22. The summed E-state index contributed by atoms with van der Waals surface area (Å²) >= 11 is 0. The van der Waals surface area contributed by atoms with Gasteiger partial charge in [0.05, 0.1) is 12.3 Å². The minimum atomic E-state index is -0.204. The molecule has 0 atom stereocenters. The van der Waals surface area contributed by atoms with E-state index >= 15 is 0 Å². The summed E-state index contributed by atoms with van der Waals surface area (Å²) in [5, 5.41) is 0. The Bertz CT molecular complexity index is 716. The highest BCUT2D eigenvalue weighted by atomic mass is 16.5. The van der Waals surface area contributed by atoms with E-state index in [9.17, 15) is 9.59 Å². The predicted octanol–water partition coefficient (Wildman–Crippen LogP) is 3.49. The summed E-state index contributed by atoms with van der Waals surface area (Å²) in [5.41, 5.74) is 1.42. The zero-order chi connectivity index (χ0) is 18.2. The normalized spacial score (nSPS) is 10.2. The molecule has 0 saturated heterocycles. The molecule has 2 amide bonds. The molecule has 0 spiro atoms. The van der Waals surface area contributed by atoms with Gasteiger partial charge in [-0.3, -0.25) is 14.5 Å². The molecule has 0 N–H and O–H groups in total. The van der Waals surface area contributed by atoms with Crippen molar-refractivity contribution in [1.82, 2.24) is 0 Å². The molecule has 5 heteroatoms. The maximum atomic E-state index is 12.8. The number of hydrogen-bond acceptors (Lipinski definition) is 3. The van der Waals surface area contributed by atoms with Crippen LogP contribution in [-0.2, 0) is 9.59 Å². The van der Waals surface area contributed by atoms with Crippen LogP contribution >= 0.6 is 0 Å². The lowest BCUT2D eigenvalue weighted by Crippen LogP contribution is -2.42. The largest absolute Gasteiger partial charge is 0.492 e. The molecule has 5 nitrogen and oxygen atoms in total. The molecule has 2 rings (SSSR count). The first kappa shape index (κ1) is 18.5. The van der Waals surface area contributed by atoms with Gasteiger partial charge in [-0.25, -0.2) is 0 Å². The van der Waals surface area contributed by atoms with Gasteiger partial charge in [0.15, 0.2) is 0 Å². The number of rotatable bonds is 7. The van der Waals surface area contributed by atoms with Crippen molar-refractivity contribution in [3.8, 4) is 5.75 Å². The van der Waals surface area contributed by atoms with Gasteiger partial charge in [-0.1, -0.05) is 30.3 Å². The molecular formula is C20H24N2O3. The monoisotopic (exact) mass is 340 g/mol. The first-order valence-corrected chi connectivity index (χ1v) is 8.43. The first-order valence-electron chi connectivity index (χ1n) is 8.43. The van der Waals surface area contributed by atoms with Crippen LogP contribution < -0.4 is 14.5 Å². The predicted molar refractivity (Wildman–Crippen MR) is 100 cm³/mol. The zero-order valence-electron chi connectivity index (χ0n) is 14.9. The van der Waals surface area contributed by atoms with Crippen molar-refractivity contribution < 1.29 is 14.3 Å². The summed E-state index contributed by atoms with van der Waals surface area (Å²) < 4.78 is 5.60. The van der Waals surface area contributed by atoms with E-state index in [1.807, 2.05) is 56.3 Å². The molecule has 0 aliphatic heterocycles. The standard InChI is InChI=1S/C20H24N2O3/c1-4-21(17-11-7-6-8-12-17)20(24)15-22(16(3)23)18-13-9-10-14-19(18)25-5-2/h6-14H,4-5,15H2,1-3H3. The molecule has 0 radical (unpaired) electrons. The summed E-state index contributed by atoms with van der Waals surface area (Å²) in [7, 11) is 0. The fraction of sp³-hybridized carbons (Fsp3) is 0.300. The maximum absolute atomic E-state index is 12.8. The van der Waals surface area contributed by atoms with E-state index in [0.717, 1.165) is 5.69 Å². The topological polar surface area (TPSA) is 49.9 Å². The van der Waals surface area contributed by atoms with Crippen molar-refractivity contribution in [3.63, 3.8) is 0 Å². The third-order valence-corrected chi connectivity index (χ3v) is 3.81. The van der Waals surface area contributed by atoms with E-state index in [0.29, 0.717) is 24.6 Å². The number of carbonyl (C=O) groups is 2. The van der Waals surface area contributed by atoms with Gasteiger partial charge in [-0.2, -0.15) is 0 Å². The van der Waals surface area contributed by atoms with E-state index in [1.54, 1.807) is 17.0 Å². The average molecular weight is 340 g/mol. The van der Waals surface area contributed by atoms with E-state index in [4.69, 9.17) is 4.74 Å². The molecule has 2 aromatic carbocycles. The van der Waals surface area contributed by atoms with Gasteiger partial charge >= 0.3 is 0 Å². The summed E-state index contributed by atoms with van der Waals surface area (Å²) in [6, 6.07) is 16.7. The van der Waals surface area contributed by atoms with Crippen LogP contribution in [0, 0.1) is 0 Å². The number of likely N-dealkylation sites (N-methyl/N-ethyl adjacent to an activating group) is 1. The molecular weight excluding hydrogens is 316 g/mol. The van der Waals surface area contributed by atoms with Crippen LogP contribution in [0.3, 0.4) is 0 Å². The minimum absolute atomic E-state index is 0.0395. The molecule has 132 valence electrons. The molecule has 0 aromatic heterocycles. The third kappa shape index (κ3) is 4.59. The third-order valence-electron chi connectivity index (χ3n) is 3.81. The molecule has 0 aliphatic carbocycles. The van der Waals surface area contributed by atoms with Gasteiger partial charge < -0.3 is 9.64 Å². The summed E-state index contributed by atoms with van der Waals surface area (Å²) in [6.45, 7) is 6.23. The summed E-state index contributed by atoms with van der Waals surface area (Å²) in [4.78, 5) is 28.1. The van der Waals surface area contributed by atoms with Crippen LogP contribution in [0.2, 0.25) is 0 Å². The molecule has 2 aromatic rings. The second-order valence-electron chi connectivity index (χ2n) is 5.48. The van der Waals surface area contributed by atoms with Gasteiger partial charge in [-0.15, -0.1) is 0 Å². The first-order chi connectivity index (χ1) is 12.1. The van der Waals surface area contributed by atoms with E-state index in [1.165, 1.54) is 11.8 Å². The Kier molecular flexibility index (Phi) is 6.57. The Morgan fingerprint density at radius 1 is 0.920 bits per heavy atom. The van der Waals surface area contributed by atoms with Gasteiger partial charge in [-0.05, 0) is 38.1 Å². The second kappa shape index (κ2) is 8.87. The number of para-hydroxylation sites is 3. The highest BCUT2D eigenvalue weighted by Crippen LogP contribution is 2.28. The van der Waals surface area contributed by atoms with Crippen LogP contribution in [0.25, 0.3) is 0 Å². The Morgan fingerprint density at radius 3 is 2.16 bits per heavy atom. The second-order valence-corrected chi connectivity index (χ2v) is 5.48. The molecule has 0 unspecified atom stereocenters. The van der Waals surface area contributed by atoms with E-state index in [-0.39, 0.29) is 18.4 Å². The fourth-order valence-electron chi connectivity index (χ4n) is 2.66. The average Bonchev–Trinajstić information content (AvgIpc) is 2.62. The van der Waals surface area contributed by atoms with Crippen molar-refractivity contribution in [2.45, 2.75) is 20.8 Å². The van der Waals surface area contributed by atoms with Gasteiger partial charge in [0.2, 0.25) is 11.8 Å². The van der Waals surface area contributed by atoms with Gasteiger partial charge in [0.1, 0.15) is 12.3 Å². The number of anilines is 2. The van der Waals surface area contributed by atoms with Crippen LogP contribution in [-0.4, -0.2) is 31.5 Å². The number of carbonyl (C=O) groups excluding carboxylic acids is 2. The lowest BCUT2D eigenvalue weighted by atomic mass is 10.2. The van der Waals surface area contributed by atoms with Crippen molar-refractivity contribution in [2.24, 2.45) is 0 Å². The molecule has 0 heterocycles. The Hall–Kier alpha value is -2.82. The van der Waals surface area contributed by atoms with Crippen LogP contribution in [0.15, 0.2) is 54.6 Å². The van der Waals surface area contributed by atoms with Gasteiger partial charge in [0, 0.05) is 19.2 Å². The van der Waals surface area contributed by atoms with Crippen LogP contribution in [0.4, 0.5) is 11.4 Å². The highest BCUT2D eigenvalue weighted by molar-refractivity contribution is 6.03. The Balaban J connectivity index is 2.27. The lowest BCUT2D eigenvalue weighted by molar-refractivity contribution is -0.121. The summed E-state index contributed by atoms with van der Waals surface area (Å²) in [5.74, 6) is 0.246. The van der Waals surface area contributed by atoms with Crippen LogP contribution in [0.5, 0.6) is 5.75 Å². The summed E-state index contributed by atoms with van der Waals surface area (Å²) in [6.07, 6.45) is 0. The number of benzene rings is 2. The Labute approximate surface area is 148 Å². The molecule has 0 aliphatic rings. The van der Waals surface area contributed by atoms with Crippen molar-refractivity contribution >= 4 is 23.2 Å². The molecule has 0 saturated carbocycles. The molecule has 0 fully saturated rings. The van der Waals surface area contributed by atoms with E-state index in [2.05, 4.69) is 0 Å². The van der Waals surface area contributed by atoms with Crippen molar-refractivity contribution in [1.29, 1.82) is 0 Å². The zero-order valence-corrected chi connectivity index (χ0v) is 14.9. The van der Waals surface area contributed by atoms with Crippen molar-refractivity contribution in [3.05, 3.63) is 54.6 Å². The van der Waals surface area contributed by atoms with E-state index < -0.39 is 0 Å². The SMILES string of the molecule is CCOc1ccccc1N(CC(=O)N(CC)c1ccccc1)C(C)=O. The number of amides is 2. The fourth-order valence-corrected chi connectivity index (χ4v) is 2.66. The lowest BCUT2D eigenvalue weighted by Gasteiger charge is -2.27. The molecule has 0 bridgehead atoms.